The molecule has 236 valence electrons. The topological polar surface area (TPSA) is 147 Å². The highest BCUT2D eigenvalue weighted by Gasteiger charge is 2.34. The van der Waals surface area contributed by atoms with Crippen molar-refractivity contribution < 1.29 is 42.5 Å². The molecular formula is C31H35F3N4O6. The van der Waals surface area contributed by atoms with Gasteiger partial charge < -0.3 is 30.8 Å². The number of carbonyl (C=O) groups excluding carboxylic acids is 2. The Hall–Kier alpha value is -4.62. The molecule has 3 aromatic rings. The molecule has 3 rings (SSSR count). The van der Waals surface area contributed by atoms with Gasteiger partial charge in [0.1, 0.15) is 17.6 Å². The normalized spacial score (nSPS) is 13.0. The lowest BCUT2D eigenvalue weighted by atomic mass is 10.0. The lowest BCUT2D eigenvalue weighted by molar-refractivity contribution is -0.159. The molecule has 0 spiro atoms. The van der Waals surface area contributed by atoms with Crippen LogP contribution in [0, 0.1) is 0 Å². The van der Waals surface area contributed by atoms with Crippen LogP contribution in [-0.4, -0.2) is 52.2 Å². The number of carbonyl (C=O) groups is 2. The third-order valence-electron chi connectivity index (χ3n) is 6.31. The quantitative estimate of drug-likeness (QED) is 0.0599. The number of hydrogen-bond acceptors (Lipinski definition) is 8. The molecule has 44 heavy (non-hydrogen) atoms. The number of anilines is 1. The third-order valence-corrected chi connectivity index (χ3v) is 6.31. The van der Waals surface area contributed by atoms with Crippen LogP contribution in [-0.2, 0) is 33.5 Å². The van der Waals surface area contributed by atoms with Gasteiger partial charge in [0, 0.05) is 17.8 Å². The van der Waals surface area contributed by atoms with Crippen molar-refractivity contribution in [2.24, 2.45) is 10.9 Å². The summed E-state index contributed by atoms with van der Waals surface area (Å²) in [7, 11) is 1.25. The first kappa shape index (κ1) is 33.9. The van der Waals surface area contributed by atoms with Crippen LogP contribution < -0.4 is 15.8 Å². The number of aliphatic hydroxyl groups excluding tert-OH is 1. The highest BCUT2D eigenvalue weighted by atomic mass is 19.4. The van der Waals surface area contributed by atoms with Gasteiger partial charge in [-0.3, -0.25) is 14.5 Å². The molecule has 1 unspecified atom stereocenters. The number of nitrogens with one attached hydrogen (secondary N) is 1. The van der Waals surface area contributed by atoms with Crippen molar-refractivity contribution >= 4 is 23.4 Å². The van der Waals surface area contributed by atoms with Gasteiger partial charge in [0.25, 0.3) is 0 Å². The molecule has 5 N–H and O–H groups in total. The number of methoxy groups -OCH3 is 1. The molecule has 0 heterocycles. The van der Waals surface area contributed by atoms with Crippen LogP contribution in [0.5, 0.6) is 5.75 Å². The molecule has 0 radical (unpaired) electrons. The summed E-state index contributed by atoms with van der Waals surface area (Å²) in [5.41, 5.74) is 5.58. The average molecular weight is 617 g/mol. The molecule has 1 atom stereocenters. The number of rotatable bonds is 11. The Morgan fingerprint density at radius 1 is 1.02 bits per heavy atom. The highest BCUT2D eigenvalue weighted by molar-refractivity contribution is 5.97. The minimum Gasteiger partial charge on any atom is -0.497 e. The van der Waals surface area contributed by atoms with Crippen LogP contribution in [0.2, 0.25) is 0 Å². The zero-order valence-electron chi connectivity index (χ0n) is 24.7. The van der Waals surface area contributed by atoms with Crippen molar-refractivity contribution in [2.45, 2.75) is 51.7 Å². The zero-order chi connectivity index (χ0) is 32.7. The van der Waals surface area contributed by atoms with E-state index in [0.717, 1.165) is 6.07 Å². The molecular weight excluding hydrogens is 581 g/mol. The number of halogens is 3. The van der Waals surface area contributed by atoms with Crippen molar-refractivity contribution in [1.29, 1.82) is 0 Å². The SMILES string of the molecule is COc1ccc(CC(=O)Nc2ccc(C(O)N(CC(=O)OC(C)(C)C)Cc3ccc(C(N)=NO)cc3)cc2)c(C(F)(F)F)c1. The van der Waals surface area contributed by atoms with Crippen molar-refractivity contribution in [1.82, 2.24) is 4.90 Å². The predicted octanol–water partition coefficient (Wildman–Crippen LogP) is 4.82. The fraction of sp³-hybridized carbons (Fsp3) is 0.323. The van der Waals surface area contributed by atoms with Crippen LogP contribution in [0.3, 0.4) is 0 Å². The van der Waals surface area contributed by atoms with Crippen molar-refractivity contribution in [3.63, 3.8) is 0 Å². The van der Waals surface area contributed by atoms with Gasteiger partial charge in [-0.1, -0.05) is 47.6 Å². The summed E-state index contributed by atoms with van der Waals surface area (Å²) in [6.07, 6.45) is -6.47. The molecule has 3 aromatic carbocycles. The molecule has 0 aromatic heterocycles. The monoisotopic (exact) mass is 616 g/mol. The Labute approximate surface area is 252 Å². The Morgan fingerprint density at radius 2 is 1.66 bits per heavy atom. The number of amidine groups is 1. The van der Waals surface area contributed by atoms with Crippen molar-refractivity contribution in [2.75, 3.05) is 19.0 Å². The van der Waals surface area contributed by atoms with Gasteiger partial charge in [0.05, 0.1) is 25.6 Å². The Bertz CT molecular complexity index is 1470. The molecule has 0 aliphatic carbocycles. The second-order valence-electron chi connectivity index (χ2n) is 10.9. The molecule has 0 saturated carbocycles. The molecule has 0 fully saturated rings. The minimum atomic E-state index is -4.67. The average Bonchev–Trinajstić information content (AvgIpc) is 2.95. The van der Waals surface area contributed by atoms with E-state index in [4.69, 9.17) is 20.4 Å². The summed E-state index contributed by atoms with van der Waals surface area (Å²) < 4.78 is 50.9. The number of amides is 1. The fourth-order valence-corrected chi connectivity index (χ4v) is 4.27. The van der Waals surface area contributed by atoms with Gasteiger partial charge >= 0.3 is 12.1 Å². The molecule has 10 nitrogen and oxygen atoms in total. The largest absolute Gasteiger partial charge is 0.497 e. The number of ether oxygens (including phenoxy) is 2. The van der Waals surface area contributed by atoms with Crippen LogP contribution >= 0.6 is 0 Å². The molecule has 0 aliphatic heterocycles. The van der Waals surface area contributed by atoms with E-state index in [1.54, 1.807) is 45.0 Å². The summed E-state index contributed by atoms with van der Waals surface area (Å²) in [5, 5.41) is 25.6. The fourth-order valence-electron chi connectivity index (χ4n) is 4.27. The maximum absolute atomic E-state index is 13.5. The number of nitrogens with zero attached hydrogens (tertiary/aromatic N) is 2. The van der Waals surface area contributed by atoms with Crippen LogP contribution in [0.15, 0.2) is 71.9 Å². The standard InChI is InChI=1S/C31H35F3N4O6/c1-30(2,3)44-27(40)18-38(17-19-5-7-20(8-6-19)28(35)37-42)29(41)21-9-12-23(13-10-21)36-26(39)15-22-11-14-24(43-4)16-25(22)31(32,33)34/h5-14,16,29,41-42H,15,17-18H2,1-4H3,(H2,35,37)(H,36,39). The van der Waals surface area contributed by atoms with Crippen LogP contribution in [0.25, 0.3) is 0 Å². The molecule has 0 bridgehead atoms. The summed E-state index contributed by atoms with van der Waals surface area (Å²) in [6, 6.07) is 16.1. The van der Waals surface area contributed by atoms with E-state index >= 15 is 0 Å². The lowest BCUT2D eigenvalue weighted by Crippen LogP contribution is -2.37. The van der Waals surface area contributed by atoms with E-state index in [2.05, 4.69) is 10.5 Å². The maximum atomic E-state index is 13.5. The summed E-state index contributed by atoms with van der Waals surface area (Å²) >= 11 is 0. The van der Waals surface area contributed by atoms with E-state index in [0.29, 0.717) is 22.4 Å². The van der Waals surface area contributed by atoms with Gasteiger partial charge in [-0.05, 0) is 61.7 Å². The van der Waals surface area contributed by atoms with Crippen molar-refractivity contribution in [3.8, 4) is 5.75 Å². The lowest BCUT2D eigenvalue weighted by Gasteiger charge is -2.29. The van der Waals surface area contributed by atoms with E-state index in [9.17, 15) is 27.9 Å². The Kier molecular flexibility index (Phi) is 11.0. The number of aliphatic hydroxyl groups is 1. The molecule has 1 amide bonds. The number of alkyl halides is 3. The first-order valence-corrected chi connectivity index (χ1v) is 13.4. The first-order chi connectivity index (χ1) is 20.6. The number of hydrogen-bond donors (Lipinski definition) is 4. The predicted molar refractivity (Wildman–Crippen MR) is 157 cm³/mol. The van der Waals surface area contributed by atoms with Gasteiger partial charge in [-0.25, -0.2) is 0 Å². The summed E-state index contributed by atoms with van der Waals surface area (Å²) in [5.74, 6) is -1.28. The zero-order valence-corrected chi connectivity index (χ0v) is 24.7. The van der Waals surface area contributed by atoms with E-state index < -0.39 is 41.9 Å². The van der Waals surface area contributed by atoms with Gasteiger partial charge in [-0.2, -0.15) is 13.2 Å². The summed E-state index contributed by atoms with van der Waals surface area (Å²) in [6.45, 7) is 5.04. The molecule has 0 saturated heterocycles. The van der Waals surface area contributed by atoms with Crippen LogP contribution in [0.4, 0.5) is 18.9 Å². The minimum absolute atomic E-state index is 0.0224. The Balaban J connectivity index is 1.76. The second-order valence-corrected chi connectivity index (χ2v) is 10.9. The maximum Gasteiger partial charge on any atom is 0.416 e. The van der Waals surface area contributed by atoms with Gasteiger partial charge in [-0.15, -0.1) is 0 Å². The number of oxime groups is 1. The number of nitrogens with two attached hydrogens (primary N) is 1. The smallest absolute Gasteiger partial charge is 0.416 e. The highest BCUT2D eigenvalue weighted by Crippen LogP contribution is 2.35. The first-order valence-electron chi connectivity index (χ1n) is 13.4. The molecule has 0 aliphatic rings. The molecule has 13 heteroatoms. The van der Waals surface area contributed by atoms with Gasteiger partial charge in [0.15, 0.2) is 5.84 Å². The van der Waals surface area contributed by atoms with E-state index in [-0.39, 0.29) is 30.2 Å². The number of benzene rings is 3. The third kappa shape index (κ3) is 9.71. The van der Waals surface area contributed by atoms with Gasteiger partial charge in [0.2, 0.25) is 5.91 Å². The summed E-state index contributed by atoms with van der Waals surface area (Å²) in [4.78, 5) is 26.8. The van der Waals surface area contributed by atoms with E-state index in [1.807, 2.05) is 0 Å². The second kappa shape index (κ2) is 14.2. The Morgan fingerprint density at radius 3 is 2.20 bits per heavy atom. The van der Waals surface area contributed by atoms with E-state index in [1.165, 1.54) is 48.4 Å². The van der Waals surface area contributed by atoms with Crippen molar-refractivity contribution in [3.05, 3.63) is 94.5 Å². The van der Waals surface area contributed by atoms with Crippen LogP contribution in [0.1, 0.15) is 54.8 Å². The number of esters is 1.